The number of rotatable bonds is 16. The maximum atomic E-state index is 12.2. The predicted molar refractivity (Wildman–Crippen MR) is 213 cm³/mol. The molecule has 3 aliphatic rings. The number of hydrogen-bond acceptors (Lipinski definition) is 9. The molecule has 12 heteroatoms. The van der Waals surface area contributed by atoms with Crippen LogP contribution in [0.3, 0.4) is 0 Å². The number of likely N-dealkylation sites (tertiary alicyclic amines) is 2. The van der Waals surface area contributed by atoms with Crippen molar-refractivity contribution in [3.05, 3.63) is 106 Å². The summed E-state index contributed by atoms with van der Waals surface area (Å²) in [5.41, 5.74) is 2.59. The summed E-state index contributed by atoms with van der Waals surface area (Å²) in [6.07, 6.45) is 13.7. The van der Waals surface area contributed by atoms with Gasteiger partial charge in [0.15, 0.2) is 0 Å². The first-order valence-corrected chi connectivity index (χ1v) is 19.8. The van der Waals surface area contributed by atoms with E-state index in [1.165, 1.54) is 6.20 Å². The van der Waals surface area contributed by atoms with Crippen molar-refractivity contribution in [3.8, 4) is 17.6 Å². The standard InChI is InChI=1S/C44H51ClN4O7/c1-43(2)36(33-10-4-3-5-11-33)12-8-16-44(43,56-21-9-17-48-19-14-34(15-20-48)41(50)51)30-55-40-24-39(54-29-32-22-31(25-46)26-47-27-32)35(23-37(40)45)28-49-18-7-6-13-38(49)42(52)53/h3-5,8,10-12,16,22-24,26-27,34,38H,6-7,9,13-15,17-21,28-30H2,1-2H3,(H,50,51)(H,52,53)/t38-,44?/m0/s1. The van der Waals surface area contributed by atoms with Crippen molar-refractivity contribution in [1.29, 1.82) is 5.26 Å². The molecule has 0 radical (unpaired) electrons. The van der Waals surface area contributed by atoms with Gasteiger partial charge in [-0.25, -0.2) is 0 Å². The summed E-state index contributed by atoms with van der Waals surface area (Å²) in [7, 11) is 0. The summed E-state index contributed by atoms with van der Waals surface area (Å²) in [6, 6.07) is 17.0. The lowest BCUT2D eigenvalue weighted by Crippen LogP contribution is -2.52. The Labute approximate surface area is 334 Å². The SMILES string of the molecule is CC1(C)C(c2ccccc2)=CC=CC1(COc1cc(OCc2cncc(C#N)c2)c(CN2CCCC[C@H]2C(=O)O)cc1Cl)OCCCN1CCC(C(=O)O)CC1. The lowest BCUT2D eigenvalue weighted by Gasteiger charge is -2.47. The van der Waals surface area contributed by atoms with Gasteiger partial charge in [0.2, 0.25) is 0 Å². The number of nitrogens with zero attached hydrogens (tertiary/aromatic N) is 4. The number of aromatic nitrogens is 1. The minimum absolute atomic E-state index is 0.126. The zero-order chi connectivity index (χ0) is 39.7. The van der Waals surface area contributed by atoms with Crippen LogP contribution in [0.5, 0.6) is 11.5 Å². The maximum absolute atomic E-state index is 12.2. The van der Waals surface area contributed by atoms with Crippen molar-refractivity contribution in [2.24, 2.45) is 11.3 Å². The maximum Gasteiger partial charge on any atom is 0.320 e. The molecule has 1 aliphatic carbocycles. The van der Waals surface area contributed by atoms with Crippen LogP contribution in [-0.4, -0.2) is 88.0 Å². The summed E-state index contributed by atoms with van der Waals surface area (Å²) in [4.78, 5) is 32.1. The molecule has 0 bridgehead atoms. The molecule has 2 N–H and O–H groups in total. The van der Waals surface area contributed by atoms with E-state index in [2.05, 4.69) is 54.1 Å². The number of allylic oxidation sites excluding steroid dienone is 2. The highest BCUT2D eigenvalue weighted by Gasteiger charge is 2.49. The van der Waals surface area contributed by atoms with Gasteiger partial charge in [-0.1, -0.05) is 74.4 Å². The number of carbonyl (C=O) groups is 2. The molecule has 2 aromatic carbocycles. The van der Waals surface area contributed by atoms with Gasteiger partial charge in [-0.3, -0.25) is 19.5 Å². The van der Waals surface area contributed by atoms with Crippen LogP contribution < -0.4 is 9.47 Å². The number of benzene rings is 2. The molecular formula is C44H51ClN4O7. The van der Waals surface area contributed by atoms with Gasteiger partial charge in [0.25, 0.3) is 0 Å². The van der Waals surface area contributed by atoms with E-state index in [0.717, 1.165) is 55.6 Å². The van der Waals surface area contributed by atoms with E-state index in [1.807, 2.05) is 29.2 Å². The van der Waals surface area contributed by atoms with E-state index in [-0.39, 0.29) is 19.1 Å². The van der Waals surface area contributed by atoms with E-state index in [9.17, 15) is 25.1 Å². The number of halogens is 1. The fourth-order valence-corrected chi connectivity index (χ4v) is 8.30. The molecule has 0 saturated carbocycles. The molecule has 296 valence electrons. The van der Waals surface area contributed by atoms with Crippen LogP contribution in [0.2, 0.25) is 5.02 Å². The Morgan fingerprint density at radius 3 is 2.50 bits per heavy atom. The summed E-state index contributed by atoms with van der Waals surface area (Å²) in [5, 5.41) is 29.2. The fraction of sp³-hybridized carbons (Fsp3) is 0.455. The summed E-state index contributed by atoms with van der Waals surface area (Å²) >= 11 is 7.00. The minimum Gasteiger partial charge on any atom is -0.488 e. The molecule has 2 aliphatic heterocycles. The third kappa shape index (κ3) is 9.61. The first-order chi connectivity index (χ1) is 27.0. The Morgan fingerprint density at radius 1 is 0.982 bits per heavy atom. The molecule has 1 unspecified atom stereocenters. The molecular weight excluding hydrogens is 732 g/mol. The normalized spacial score (nSPS) is 21.5. The van der Waals surface area contributed by atoms with Crippen LogP contribution in [-0.2, 0) is 27.5 Å². The Balaban J connectivity index is 1.25. The van der Waals surface area contributed by atoms with E-state index < -0.39 is 29.0 Å². The fourth-order valence-electron chi connectivity index (χ4n) is 8.06. The van der Waals surface area contributed by atoms with E-state index in [1.54, 1.807) is 24.4 Å². The monoisotopic (exact) mass is 782 g/mol. The average molecular weight is 783 g/mol. The zero-order valence-electron chi connectivity index (χ0n) is 32.2. The number of piperidine rings is 2. The summed E-state index contributed by atoms with van der Waals surface area (Å²) in [5.74, 6) is -0.950. The first kappa shape index (κ1) is 40.9. The Morgan fingerprint density at radius 2 is 1.77 bits per heavy atom. The van der Waals surface area contributed by atoms with Gasteiger partial charge in [-0.2, -0.15) is 5.26 Å². The Bertz CT molecular complexity index is 1950. The van der Waals surface area contributed by atoms with Gasteiger partial charge in [0.1, 0.15) is 42.4 Å². The third-order valence-corrected chi connectivity index (χ3v) is 11.8. The van der Waals surface area contributed by atoms with Crippen molar-refractivity contribution >= 4 is 29.1 Å². The molecule has 6 rings (SSSR count). The molecule has 56 heavy (non-hydrogen) atoms. The summed E-state index contributed by atoms with van der Waals surface area (Å²) in [6.45, 7) is 8.31. The molecule has 2 atom stereocenters. The number of nitriles is 1. The van der Waals surface area contributed by atoms with Crippen molar-refractivity contribution in [2.75, 3.05) is 39.4 Å². The average Bonchev–Trinajstić information content (AvgIpc) is 3.20. The van der Waals surface area contributed by atoms with E-state index in [0.29, 0.717) is 66.6 Å². The van der Waals surface area contributed by atoms with Crippen molar-refractivity contribution < 1.29 is 34.0 Å². The molecule has 1 aromatic heterocycles. The molecule has 3 heterocycles. The van der Waals surface area contributed by atoms with Gasteiger partial charge < -0.3 is 29.3 Å². The van der Waals surface area contributed by atoms with Crippen LogP contribution in [0.25, 0.3) is 5.57 Å². The van der Waals surface area contributed by atoms with Gasteiger partial charge in [0, 0.05) is 54.7 Å². The number of ether oxygens (including phenoxy) is 3. The highest BCUT2D eigenvalue weighted by atomic mass is 35.5. The second-order valence-electron chi connectivity index (χ2n) is 15.5. The molecule has 0 spiro atoms. The highest BCUT2D eigenvalue weighted by Crippen LogP contribution is 2.49. The number of carboxylic acid groups (broad SMARTS) is 2. The second kappa shape index (κ2) is 18.5. The zero-order valence-corrected chi connectivity index (χ0v) is 32.9. The van der Waals surface area contributed by atoms with Gasteiger partial charge in [-0.15, -0.1) is 0 Å². The topological polar surface area (TPSA) is 145 Å². The van der Waals surface area contributed by atoms with Crippen molar-refractivity contribution in [2.45, 2.75) is 77.2 Å². The number of aliphatic carboxylic acids is 2. The molecule has 0 amide bonds. The van der Waals surface area contributed by atoms with Crippen LogP contribution in [0.15, 0.2) is 79.2 Å². The second-order valence-corrected chi connectivity index (χ2v) is 15.9. The van der Waals surface area contributed by atoms with Crippen LogP contribution in [0.4, 0.5) is 0 Å². The number of carboxylic acids is 2. The predicted octanol–water partition coefficient (Wildman–Crippen LogP) is 7.63. The lowest BCUT2D eigenvalue weighted by molar-refractivity contribution is -0.145. The molecule has 2 fully saturated rings. The van der Waals surface area contributed by atoms with Crippen molar-refractivity contribution in [1.82, 2.24) is 14.8 Å². The smallest absolute Gasteiger partial charge is 0.320 e. The Hall–Kier alpha value is -4.73. The van der Waals surface area contributed by atoms with Crippen LogP contribution in [0.1, 0.15) is 74.6 Å². The van der Waals surface area contributed by atoms with Gasteiger partial charge in [-0.05, 0) is 81.1 Å². The van der Waals surface area contributed by atoms with Crippen molar-refractivity contribution in [3.63, 3.8) is 0 Å². The quantitative estimate of drug-likeness (QED) is 0.138. The van der Waals surface area contributed by atoms with Gasteiger partial charge >= 0.3 is 11.9 Å². The van der Waals surface area contributed by atoms with Crippen LogP contribution >= 0.6 is 11.6 Å². The van der Waals surface area contributed by atoms with E-state index in [4.69, 9.17) is 25.8 Å². The minimum atomic E-state index is -0.905. The largest absolute Gasteiger partial charge is 0.488 e. The molecule has 2 saturated heterocycles. The van der Waals surface area contributed by atoms with Gasteiger partial charge in [0.05, 0.1) is 16.5 Å². The molecule has 3 aromatic rings. The third-order valence-electron chi connectivity index (χ3n) is 11.5. The number of hydrogen-bond donors (Lipinski definition) is 2. The van der Waals surface area contributed by atoms with Crippen LogP contribution in [0, 0.1) is 22.7 Å². The highest BCUT2D eigenvalue weighted by molar-refractivity contribution is 6.32. The Kier molecular flexibility index (Phi) is 13.5. The molecule has 11 nitrogen and oxygen atoms in total. The lowest BCUT2D eigenvalue weighted by atomic mass is 9.65. The number of pyridine rings is 1. The summed E-state index contributed by atoms with van der Waals surface area (Å²) < 4.78 is 20.0. The van der Waals surface area contributed by atoms with E-state index >= 15 is 0 Å². The first-order valence-electron chi connectivity index (χ1n) is 19.4.